The van der Waals surface area contributed by atoms with Gasteiger partial charge in [-0.1, -0.05) is 6.07 Å². The number of rotatable bonds is 6. The normalized spacial score (nSPS) is 11.6. The number of aromatic nitrogens is 1. The summed E-state index contributed by atoms with van der Waals surface area (Å²) in [7, 11) is 3.80. The number of hydrogen-bond acceptors (Lipinski definition) is 5. The lowest BCUT2D eigenvalue weighted by molar-refractivity contribution is -0.120. The zero-order valence-corrected chi connectivity index (χ0v) is 14.2. The molecule has 122 valence electrons. The number of anilines is 2. The molecule has 0 spiro atoms. The van der Waals surface area contributed by atoms with E-state index < -0.39 is 0 Å². The highest BCUT2D eigenvalue weighted by molar-refractivity contribution is 7.10. The van der Waals surface area contributed by atoms with Crippen LogP contribution in [0.2, 0.25) is 0 Å². The molecule has 2 aromatic heterocycles. The Morgan fingerprint density at radius 2 is 2.09 bits per heavy atom. The third-order valence-corrected chi connectivity index (χ3v) is 4.13. The number of nitrogens with zero attached hydrogens (tertiary/aromatic N) is 2. The summed E-state index contributed by atoms with van der Waals surface area (Å²) < 4.78 is 0. The van der Waals surface area contributed by atoms with Crippen LogP contribution >= 0.6 is 11.3 Å². The first kappa shape index (κ1) is 17.0. The van der Waals surface area contributed by atoms with Gasteiger partial charge in [0.2, 0.25) is 11.8 Å². The van der Waals surface area contributed by atoms with E-state index in [1.165, 1.54) is 18.3 Å². The Labute approximate surface area is 139 Å². The van der Waals surface area contributed by atoms with Gasteiger partial charge >= 0.3 is 0 Å². The predicted molar refractivity (Wildman–Crippen MR) is 92.7 cm³/mol. The first-order valence-electron chi connectivity index (χ1n) is 7.19. The highest BCUT2D eigenvalue weighted by Crippen LogP contribution is 2.22. The molecule has 2 heterocycles. The Morgan fingerprint density at radius 1 is 1.30 bits per heavy atom. The molecule has 7 heteroatoms. The summed E-state index contributed by atoms with van der Waals surface area (Å²) >= 11 is 1.51. The third kappa shape index (κ3) is 5.07. The van der Waals surface area contributed by atoms with Gasteiger partial charge in [-0.3, -0.25) is 9.59 Å². The van der Waals surface area contributed by atoms with Crippen LogP contribution in [0, 0.1) is 0 Å². The minimum Gasteiger partial charge on any atom is -0.363 e. The van der Waals surface area contributed by atoms with E-state index in [-0.39, 0.29) is 24.3 Å². The maximum atomic E-state index is 12.2. The maximum Gasteiger partial charge on any atom is 0.226 e. The molecule has 23 heavy (non-hydrogen) atoms. The van der Waals surface area contributed by atoms with E-state index in [9.17, 15) is 9.59 Å². The van der Waals surface area contributed by atoms with E-state index >= 15 is 0 Å². The van der Waals surface area contributed by atoms with Gasteiger partial charge in [0, 0.05) is 25.9 Å². The molecule has 6 nitrogen and oxygen atoms in total. The average molecular weight is 332 g/mol. The Balaban J connectivity index is 2.00. The van der Waals surface area contributed by atoms with Gasteiger partial charge < -0.3 is 15.5 Å². The van der Waals surface area contributed by atoms with Crippen molar-refractivity contribution in [1.82, 2.24) is 10.3 Å². The summed E-state index contributed by atoms with van der Waals surface area (Å²) in [5.41, 5.74) is 0.633. The highest BCUT2D eigenvalue weighted by Gasteiger charge is 2.18. The van der Waals surface area contributed by atoms with Gasteiger partial charge in [-0.15, -0.1) is 11.3 Å². The molecule has 0 saturated carbocycles. The van der Waals surface area contributed by atoms with Crippen LogP contribution in [0.15, 0.2) is 35.8 Å². The molecule has 0 aromatic carbocycles. The number of amides is 2. The smallest absolute Gasteiger partial charge is 0.226 e. The van der Waals surface area contributed by atoms with E-state index in [0.29, 0.717) is 5.69 Å². The zero-order valence-electron chi connectivity index (χ0n) is 13.4. The first-order valence-corrected chi connectivity index (χ1v) is 8.07. The van der Waals surface area contributed by atoms with Crippen LogP contribution < -0.4 is 15.5 Å². The van der Waals surface area contributed by atoms with Crippen molar-refractivity contribution in [3.8, 4) is 0 Å². The van der Waals surface area contributed by atoms with Gasteiger partial charge in [-0.05, 0) is 23.6 Å². The first-order chi connectivity index (χ1) is 11.0. The lowest BCUT2D eigenvalue weighted by Gasteiger charge is -2.16. The SMILES string of the molecule is CC(=O)NC(CC(=O)Nc1ccc(N(C)C)nc1)c1cccs1. The Morgan fingerprint density at radius 3 is 2.61 bits per heavy atom. The second kappa shape index (κ2) is 7.73. The summed E-state index contributed by atoms with van der Waals surface area (Å²) in [4.78, 5) is 30.7. The van der Waals surface area contributed by atoms with Crippen LogP contribution in [0.25, 0.3) is 0 Å². The Kier molecular flexibility index (Phi) is 5.70. The van der Waals surface area contributed by atoms with Crippen LogP contribution in [0.4, 0.5) is 11.5 Å². The van der Waals surface area contributed by atoms with Crippen molar-refractivity contribution in [2.45, 2.75) is 19.4 Å². The second-order valence-corrected chi connectivity index (χ2v) is 6.30. The van der Waals surface area contributed by atoms with Gasteiger partial charge in [0.05, 0.1) is 24.3 Å². The van der Waals surface area contributed by atoms with Crippen molar-refractivity contribution in [3.63, 3.8) is 0 Å². The number of carbonyl (C=O) groups is 2. The quantitative estimate of drug-likeness (QED) is 0.852. The topological polar surface area (TPSA) is 74.3 Å². The molecule has 1 atom stereocenters. The Bertz CT molecular complexity index is 653. The van der Waals surface area contributed by atoms with Crippen molar-refractivity contribution in [2.24, 2.45) is 0 Å². The summed E-state index contributed by atoms with van der Waals surface area (Å²) in [5.74, 6) is 0.488. The fourth-order valence-electron chi connectivity index (χ4n) is 2.08. The summed E-state index contributed by atoms with van der Waals surface area (Å²) in [5, 5.41) is 7.54. The van der Waals surface area contributed by atoms with Gasteiger partial charge in [0.15, 0.2) is 0 Å². The zero-order chi connectivity index (χ0) is 16.8. The van der Waals surface area contributed by atoms with Crippen LogP contribution in [-0.2, 0) is 9.59 Å². The lowest BCUT2D eigenvalue weighted by Crippen LogP contribution is -2.29. The molecule has 2 N–H and O–H groups in total. The van der Waals surface area contributed by atoms with E-state index in [2.05, 4.69) is 15.6 Å². The molecule has 2 rings (SSSR count). The molecular weight excluding hydrogens is 312 g/mol. The van der Waals surface area contributed by atoms with Gasteiger partial charge in [0.1, 0.15) is 5.82 Å². The van der Waals surface area contributed by atoms with Crippen molar-refractivity contribution in [2.75, 3.05) is 24.3 Å². The van der Waals surface area contributed by atoms with Crippen LogP contribution in [-0.4, -0.2) is 30.9 Å². The van der Waals surface area contributed by atoms with E-state index in [0.717, 1.165) is 10.7 Å². The van der Waals surface area contributed by atoms with Gasteiger partial charge in [0.25, 0.3) is 0 Å². The predicted octanol–water partition coefficient (Wildman–Crippen LogP) is 2.42. The molecule has 0 bridgehead atoms. The number of pyridine rings is 1. The van der Waals surface area contributed by atoms with Crippen LogP contribution in [0.3, 0.4) is 0 Å². The van der Waals surface area contributed by atoms with E-state index in [1.54, 1.807) is 12.3 Å². The molecule has 0 aliphatic carbocycles. The van der Waals surface area contributed by atoms with Crippen molar-refractivity contribution in [1.29, 1.82) is 0 Å². The third-order valence-electron chi connectivity index (χ3n) is 3.14. The highest BCUT2D eigenvalue weighted by atomic mass is 32.1. The van der Waals surface area contributed by atoms with Crippen LogP contribution in [0.1, 0.15) is 24.3 Å². The number of hydrogen-bond donors (Lipinski definition) is 2. The van der Waals surface area contributed by atoms with E-state index in [1.807, 2.05) is 42.6 Å². The van der Waals surface area contributed by atoms with Crippen LogP contribution in [0.5, 0.6) is 0 Å². The molecule has 2 amide bonds. The van der Waals surface area contributed by atoms with Crippen molar-refractivity contribution >= 4 is 34.7 Å². The molecule has 0 saturated heterocycles. The van der Waals surface area contributed by atoms with Gasteiger partial charge in [-0.2, -0.15) is 0 Å². The standard InChI is InChI=1S/C16H20N4O2S/c1-11(21)18-13(14-5-4-8-23-14)9-16(22)19-12-6-7-15(17-10-12)20(2)3/h4-8,10,13H,9H2,1-3H3,(H,18,21)(H,19,22). The largest absolute Gasteiger partial charge is 0.363 e. The van der Waals surface area contributed by atoms with Gasteiger partial charge in [-0.25, -0.2) is 4.98 Å². The van der Waals surface area contributed by atoms with E-state index in [4.69, 9.17) is 0 Å². The Hall–Kier alpha value is -2.41. The van der Waals surface area contributed by atoms with Crippen molar-refractivity contribution in [3.05, 3.63) is 40.7 Å². The maximum absolute atomic E-state index is 12.2. The van der Waals surface area contributed by atoms with Crippen molar-refractivity contribution < 1.29 is 9.59 Å². The molecule has 0 radical (unpaired) electrons. The molecule has 0 fully saturated rings. The minimum atomic E-state index is -0.318. The molecule has 2 aromatic rings. The monoisotopic (exact) mass is 332 g/mol. The molecule has 0 aliphatic rings. The summed E-state index contributed by atoms with van der Waals surface area (Å²) in [6, 6.07) is 7.13. The fraction of sp³-hybridized carbons (Fsp3) is 0.312. The average Bonchev–Trinajstić information content (AvgIpc) is 3.00. The number of carbonyl (C=O) groups excluding carboxylic acids is 2. The summed E-state index contributed by atoms with van der Waals surface area (Å²) in [6.07, 6.45) is 1.79. The molecular formula is C16H20N4O2S. The molecule has 1 unspecified atom stereocenters. The number of thiophene rings is 1. The minimum absolute atomic E-state index is 0.159. The lowest BCUT2D eigenvalue weighted by atomic mass is 10.1. The molecule has 0 aliphatic heterocycles. The second-order valence-electron chi connectivity index (χ2n) is 5.32. The number of nitrogens with one attached hydrogen (secondary N) is 2. The fourth-order valence-corrected chi connectivity index (χ4v) is 2.86. The summed E-state index contributed by atoms with van der Waals surface area (Å²) in [6.45, 7) is 1.45.